The molecular weight excluding hydrogens is 468 g/mol. The van der Waals surface area contributed by atoms with Crippen molar-refractivity contribution in [1.82, 2.24) is 0 Å². The predicted molar refractivity (Wildman–Crippen MR) is 111 cm³/mol. The number of hydrogen-bond donors (Lipinski definition) is 3. The fraction of sp³-hybridized carbons (Fsp3) is 0.0526. The van der Waals surface area contributed by atoms with E-state index in [4.69, 9.17) is 17.5 Å². The Bertz CT molecular complexity index is 1280. The van der Waals surface area contributed by atoms with E-state index < -0.39 is 40.7 Å². The van der Waals surface area contributed by atoms with Gasteiger partial charge < -0.3 is 5.11 Å². The highest BCUT2D eigenvalue weighted by Crippen LogP contribution is 2.34. The maximum Gasteiger partial charge on any atom is 0.394 e. The third-order valence-corrected chi connectivity index (χ3v) is 7.65. The van der Waals surface area contributed by atoms with Gasteiger partial charge in [-0.25, -0.2) is 16.8 Å². The predicted octanol–water partition coefficient (Wildman–Crippen LogP) is 2.71. The smallest absolute Gasteiger partial charge is 0.394 e. The zero-order chi connectivity index (χ0) is 23.4. The summed E-state index contributed by atoms with van der Waals surface area (Å²) in [6, 6.07) is 17.5. The van der Waals surface area contributed by atoms with Gasteiger partial charge in [-0.2, -0.15) is 8.42 Å². The zero-order valence-electron chi connectivity index (χ0n) is 15.9. The van der Waals surface area contributed by atoms with Gasteiger partial charge in [0.25, 0.3) is 0 Å². The molecule has 0 saturated carbocycles. The number of aromatic hydroxyl groups is 1. The Morgan fingerprint density at radius 1 is 0.613 bits per heavy atom. The van der Waals surface area contributed by atoms with Gasteiger partial charge in [-0.3, -0.25) is 9.11 Å². The van der Waals surface area contributed by atoms with E-state index in [2.05, 4.69) is 0 Å². The maximum atomic E-state index is 12.9. The van der Waals surface area contributed by atoms with Crippen molar-refractivity contribution in [2.75, 3.05) is 0 Å². The molecule has 0 amide bonds. The van der Waals surface area contributed by atoms with E-state index in [0.29, 0.717) is 0 Å². The van der Waals surface area contributed by atoms with Crippen molar-refractivity contribution < 1.29 is 39.5 Å². The number of sulfone groups is 2. The lowest BCUT2D eigenvalue weighted by Gasteiger charge is -2.13. The van der Waals surface area contributed by atoms with Gasteiger partial charge in [0.15, 0.2) is 0 Å². The third-order valence-electron chi connectivity index (χ3n) is 3.94. The van der Waals surface area contributed by atoms with E-state index in [1.165, 1.54) is 31.2 Å². The first-order valence-electron chi connectivity index (χ1n) is 8.38. The van der Waals surface area contributed by atoms with Crippen LogP contribution < -0.4 is 0 Å². The molecule has 0 aliphatic heterocycles. The van der Waals surface area contributed by atoms with Crippen LogP contribution in [0, 0.1) is 6.92 Å². The molecule has 31 heavy (non-hydrogen) atoms. The molecule has 0 aliphatic rings. The van der Waals surface area contributed by atoms with Gasteiger partial charge >= 0.3 is 10.4 Å². The molecule has 0 spiro atoms. The molecule has 3 aromatic rings. The quantitative estimate of drug-likeness (QED) is 0.470. The number of phenols is 1. The minimum absolute atomic E-state index is 0.0257. The maximum absolute atomic E-state index is 12.9. The topological polar surface area (TPSA) is 163 Å². The van der Waals surface area contributed by atoms with Gasteiger partial charge in [0.1, 0.15) is 10.6 Å². The molecule has 0 bridgehead atoms. The van der Waals surface area contributed by atoms with Crippen LogP contribution in [-0.2, 0) is 30.1 Å². The first-order valence-corrected chi connectivity index (χ1v) is 12.7. The van der Waals surface area contributed by atoms with E-state index in [-0.39, 0.29) is 20.2 Å². The Morgan fingerprint density at radius 3 is 1.35 bits per heavy atom. The lowest BCUT2D eigenvalue weighted by Crippen LogP contribution is -2.08. The molecule has 0 fully saturated rings. The van der Waals surface area contributed by atoms with Gasteiger partial charge in [-0.15, -0.1) is 0 Å². The fourth-order valence-electron chi connectivity index (χ4n) is 2.61. The molecule has 166 valence electrons. The van der Waals surface area contributed by atoms with E-state index in [9.17, 15) is 21.9 Å². The van der Waals surface area contributed by atoms with Crippen LogP contribution in [0.2, 0.25) is 0 Å². The van der Waals surface area contributed by atoms with Crippen LogP contribution in [0.25, 0.3) is 0 Å². The summed E-state index contributed by atoms with van der Waals surface area (Å²) in [5, 5.41) is 10.2. The molecule has 9 nitrogen and oxygen atoms in total. The van der Waals surface area contributed by atoms with Gasteiger partial charge in [0, 0.05) is 0 Å². The molecule has 0 unspecified atom stereocenters. The second-order valence-corrected chi connectivity index (χ2v) is 10.9. The number of phenolic OH excluding ortho intramolecular Hbond substituents is 1. The van der Waals surface area contributed by atoms with Crippen LogP contribution in [0.4, 0.5) is 0 Å². The van der Waals surface area contributed by atoms with Crippen molar-refractivity contribution in [3.8, 4) is 5.75 Å². The van der Waals surface area contributed by atoms with Crippen LogP contribution in [0.15, 0.2) is 92.4 Å². The number of rotatable bonds is 4. The normalized spacial score (nSPS) is 12.0. The standard InChI is InChI=1S/C19H16O5S2.H2O4S/c1-14-12-17(20)19(26(23,24)16-10-6-3-7-11-16)13-18(14)25(21,22)15-8-4-2-5-9-15;1-5(2,3)4/h2-13,20H,1H3;(H2,1,2,3,4). The molecule has 0 atom stereocenters. The largest absolute Gasteiger partial charge is 0.507 e. The number of benzene rings is 3. The van der Waals surface area contributed by atoms with Crippen molar-refractivity contribution in [2.45, 2.75) is 26.5 Å². The zero-order valence-corrected chi connectivity index (χ0v) is 18.4. The van der Waals surface area contributed by atoms with Crippen LogP contribution in [-0.4, -0.2) is 39.5 Å². The molecular formula is C19H18O9S3. The summed E-state index contributed by atoms with van der Waals surface area (Å²) >= 11 is 0. The molecule has 3 aromatic carbocycles. The molecule has 0 heterocycles. The van der Waals surface area contributed by atoms with Gasteiger partial charge in [-0.05, 0) is 48.9 Å². The lowest BCUT2D eigenvalue weighted by atomic mass is 10.2. The summed E-state index contributed by atoms with van der Waals surface area (Å²) in [6.07, 6.45) is 0. The first kappa shape index (κ1) is 24.5. The van der Waals surface area contributed by atoms with E-state index in [1.807, 2.05) is 0 Å². The van der Waals surface area contributed by atoms with Crippen molar-refractivity contribution in [1.29, 1.82) is 0 Å². The highest BCUT2D eigenvalue weighted by Gasteiger charge is 2.27. The summed E-state index contributed by atoms with van der Waals surface area (Å²) in [5.74, 6) is -0.488. The molecule has 0 saturated heterocycles. The summed E-state index contributed by atoms with van der Waals surface area (Å²) in [4.78, 5) is -0.570. The molecule has 12 heteroatoms. The first-order chi connectivity index (χ1) is 14.2. The van der Waals surface area contributed by atoms with Crippen LogP contribution >= 0.6 is 0 Å². The summed E-state index contributed by atoms with van der Waals surface area (Å²) in [7, 11) is -12.7. The summed E-state index contributed by atoms with van der Waals surface area (Å²) in [5.41, 5.74) is 0.262. The lowest BCUT2D eigenvalue weighted by molar-refractivity contribution is 0.381. The van der Waals surface area contributed by atoms with Crippen LogP contribution in [0.5, 0.6) is 5.75 Å². The van der Waals surface area contributed by atoms with Crippen molar-refractivity contribution >= 4 is 30.1 Å². The number of hydrogen-bond acceptors (Lipinski definition) is 7. The average Bonchev–Trinajstić information content (AvgIpc) is 2.67. The highest BCUT2D eigenvalue weighted by molar-refractivity contribution is 7.92. The minimum atomic E-state index is -4.67. The summed E-state index contributed by atoms with van der Waals surface area (Å²) < 4.78 is 83.0. The Hall–Kier alpha value is -2.77. The van der Waals surface area contributed by atoms with Crippen LogP contribution in [0.3, 0.4) is 0 Å². The van der Waals surface area contributed by atoms with Gasteiger partial charge in [-0.1, -0.05) is 36.4 Å². The molecule has 3 rings (SSSR count). The van der Waals surface area contributed by atoms with Gasteiger partial charge in [0.2, 0.25) is 19.7 Å². The second kappa shape index (κ2) is 9.16. The highest BCUT2D eigenvalue weighted by atomic mass is 32.3. The Morgan fingerprint density at radius 2 is 0.968 bits per heavy atom. The Kier molecular flexibility index (Phi) is 7.24. The monoisotopic (exact) mass is 486 g/mol. The molecule has 0 aliphatic carbocycles. The molecule has 0 radical (unpaired) electrons. The SMILES string of the molecule is Cc1cc(O)c(S(=O)(=O)c2ccccc2)cc1S(=O)(=O)c1ccccc1.O=S(=O)(O)O. The van der Waals surface area contributed by atoms with Crippen molar-refractivity contribution in [3.05, 3.63) is 78.4 Å². The van der Waals surface area contributed by atoms with Crippen LogP contribution in [0.1, 0.15) is 5.56 Å². The Balaban J connectivity index is 0.000000614. The van der Waals surface area contributed by atoms with E-state index in [0.717, 1.165) is 12.1 Å². The molecule has 3 N–H and O–H groups in total. The second-order valence-electron chi connectivity index (χ2n) is 6.17. The fourth-order valence-corrected chi connectivity index (χ4v) is 5.59. The van der Waals surface area contributed by atoms with E-state index in [1.54, 1.807) is 36.4 Å². The van der Waals surface area contributed by atoms with Crippen molar-refractivity contribution in [3.63, 3.8) is 0 Å². The molecule has 0 aromatic heterocycles. The number of aryl methyl sites for hydroxylation is 1. The van der Waals surface area contributed by atoms with Crippen molar-refractivity contribution in [2.24, 2.45) is 0 Å². The van der Waals surface area contributed by atoms with Gasteiger partial charge in [0.05, 0.1) is 14.7 Å². The van der Waals surface area contributed by atoms with E-state index >= 15 is 0 Å². The summed E-state index contributed by atoms with van der Waals surface area (Å²) in [6.45, 7) is 1.51. The minimum Gasteiger partial charge on any atom is -0.507 e. The Labute approximate surface area is 180 Å². The average molecular weight is 487 g/mol. The third kappa shape index (κ3) is 6.12.